The molecule has 0 spiro atoms. The maximum Gasteiger partial charge on any atom is 0.251 e. The zero-order valence-corrected chi connectivity index (χ0v) is 15.7. The minimum absolute atomic E-state index is 0.0780. The van der Waals surface area contributed by atoms with Crippen molar-refractivity contribution < 1.29 is 9.18 Å². The predicted octanol–water partition coefficient (Wildman–Crippen LogP) is 5.25. The number of fused-ring (bicyclic) bond motifs is 1. The highest BCUT2D eigenvalue weighted by Gasteiger charge is 2.10. The molecular formula is C22H26FN3O. The lowest BCUT2D eigenvalue weighted by Crippen LogP contribution is -2.24. The van der Waals surface area contributed by atoms with Crippen molar-refractivity contribution in [1.29, 1.82) is 0 Å². The number of nitrogens with zero attached hydrogens (tertiary/aromatic N) is 2. The molecule has 0 aliphatic rings. The molecule has 0 aliphatic heterocycles. The number of unbranched alkanes of at least 4 members (excludes halogenated alkanes) is 5. The summed E-state index contributed by atoms with van der Waals surface area (Å²) in [5, 5.41) is 2.98. The van der Waals surface area contributed by atoms with Crippen LogP contribution in [0, 0.1) is 5.82 Å². The molecule has 0 unspecified atom stereocenters. The van der Waals surface area contributed by atoms with E-state index in [0.717, 1.165) is 18.4 Å². The fraction of sp³-hybridized carbons (Fsp3) is 0.364. The Bertz CT molecular complexity index is 903. The van der Waals surface area contributed by atoms with Gasteiger partial charge in [0.15, 0.2) is 0 Å². The monoisotopic (exact) mass is 367 g/mol. The van der Waals surface area contributed by atoms with Crippen molar-refractivity contribution in [3.63, 3.8) is 0 Å². The standard InChI is InChI=1S/C22H26FN3O/c1-2-3-4-5-6-7-13-24-22(27)17-11-12-21-20(14-17)25-16-26(21)19-10-8-9-18(23)15-19/h8-12,14-16H,2-7,13H2,1H3,(H,24,27). The van der Waals surface area contributed by atoms with E-state index in [1.165, 1.54) is 37.8 Å². The van der Waals surface area contributed by atoms with Crippen LogP contribution >= 0.6 is 0 Å². The van der Waals surface area contributed by atoms with Crippen molar-refractivity contribution in [3.05, 3.63) is 60.2 Å². The topological polar surface area (TPSA) is 46.9 Å². The molecule has 0 radical (unpaired) electrons. The van der Waals surface area contributed by atoms with Gasteiger partial charge in [-0.15, -0.1) is 0 Å². The first-order valence-corrected chi connectivity index (χ1v) is 9.70. The zero-order chi connectivity index (χ0) is 19.1. The summed E-state index contributed by atoms with van der Waals surface area (Å²) in [5.74, 6) is -0.370. The molecule has 1 N–H and O–H groups in total. The Morgan fingerprint density at radius 3 is 2.70 bits per heavy atom. The van der Waals surface area contributed by atoms with Gasteiger partial charge in [0.05, 0.1) is 16.7 Å². The van der Waals surface area contributed by atoms with Gasteiger partial charge in [0.1, 0.15) is 12.1 Å². The first kappa shape index (κ1) is 19.1. The number of amides is 1. The molecule has 0 saturated heterocycles. The lowest BCUT2D eigenvalue weighted by molar-refractivity contribution is 0.0953. The Kier molecular flexibility index (Phi) is 6.58. The fourth-order valence-corrected chi connectivity index (χ4v) is 3.19. The van der Waals surface area contributed by atoms with E-state index < -0.39 is 0 Å². The second kappa shape index (κ2) is 9.31. The number of halogens is 1. The van der Waals surface area contributed by atoms with Gasteiger partial charge in [-0.2, -0.15) is 0 Å². The number of hydrogen-bond donors (Lipinski definition) is 1. The molecule has 2 aromatic carbocycles. The van der Waals surface area contributed by atoms with E-state index in [1.54, 1.807) is 24.5 Å². The third-order valence-electron chi connectivity index (χ3n) is 4.71. The molecule has 0 bridgehead atoms. The first-order chi connectivity index (χ1) is 13.2. The van der Waals surface area contributed by atoms with Crippen molar-refractivity contribution in [2.45, 2.75) is 45.4 Å². The van der Waals surface area contributed by atoms with E-state index in [2.05, 4.69) is 17.2 Å². The van der Waals surface area contributed by atoms with Crippen molar-refractivity contribution in [2.24, 2.45) is 0 Å². The van der Waals surface area contributed by atoms with Crippen LogP contribution in [-0.2, 0) is 0 Å². The smallest absolute Gasteiger partial charge is 0.251 e. The second-order valence-electron chi connectivity index (χ2n) is 6.82. The van der Waals surface area contributed by atoms with E-state index in [9.17, 15) is 9.18 Å². The molecule has 27 heavy (non-hydrogen) atoms. The summed E-state index contributed by atoms with van der Waals surface area (Å²) in [6, 6.07) is 11.8. The fourth-order valence-electron chi connectivity index (χ4n) is 3.19. The largest absolute Gasteiger partial charge is 0.352 e. The second-order valence-corrected chi connectivity index (χ2v) is 6.82. The van der Waals surface area contributed by atoms with Gasteiger partial charge in [0, 0.05) is 12.1 Å². The lowest BCUT2D eigenvalue weighted by atomic mass is 10.1. The third-order valence-corrected chi connectivity index (χ3v) is 4.71. The van der Waals surface area contributed by atoms with Crippen LogP contribution in [0.25, 0.3) is 16.7 Å². The third kappa shape index (κ3) is 4.94. The number of carbonyl (C=O) groups excluding carboxylic acids is 1. The van der Waals surface area contributed by atoms with Crippen LogP contribution in [0.4, 0.5) is 4.39 Å². The highest BCUT2D eigenvalue weighted by atomic mass is 19.1. The van der Waals surface area contributed by atoms with Gasteiger partial charge in [0.25, 0.3) is 5.91 Å². The van der Waals surface area contributed by atoms with Gasteiger partial charge in [-0.05, 0) is 42.8 Å². The van der Waals surface area contributed by atoms with Gasteiger partial charge in [-0.3, -0.25) is 9.36 Å². The van der Waals surface area contributed by atoms with Gasteiger partial charge >= 0.3 is 0 Å². The Hall–Kier alpha value is -2.69. The van der Waals surface area contributed by atoms with E-state index in [-0.39, 0.29) is 11.7 Å². The molecule has 5 heteroatoms. The molecule has 3 rings (SSSR count). The summed E-state index contributed by atoms with van der Waals surface area (Å²) in [6.45, 7) is 2.90. The predicted molar refractivity (Wildman–Crippen MR) is 107 cm³/mol. The van der Waals surface area contributed by atoms with Gasteiger partial charge in [0.2, 0.25) is 0 Å². The number of benzene rings is 2. The van der Waals surface area contributed by atoms with Crippen LogP contribution in [-0.4, -0.2) is 22.0 Å². The molecule has 0 fully saturated rings. The Balaban J connectivity index is 1.61. The van der Waals surface area contributed by atoms with E-state index in [4.69, 9.17) is 0 Å². The SMILES string of the molecule is CCCCCCCCNC(=O)c1ccc2c(c1)ncn2-c1cccc(F)c1. The molecular weight excluding hydrogens is 341 g/mol. The van der Waals surface area contributed by atoms with Gasteiger partial charge < -0.3 is 5.32 Å². The first-order valence-electron chi connectivity index (χ1n) is 9.70. The summed E-state index contributed by atoms with van der Waals surface area (Å²) in [5.41, 5.74) is 2.86. The maximum atomic E-state index is 13.5. The Morgan fingerprint density at radius 2 is 1.89 bits per heavy atom. The minimum Gasteiger partial charge on any atom is -0.352 e. The van der Waals surface area contributed by atoms with Gasteiger partial charge in [-0.25, -0.2) is 9.37 Å². The van der Waals surface area contributed by atoms with E-state index in [0.29, 0.717) is 23.3 Å². The molecule has 0 saturated carbocycles. The van der Waals surface area contributed by atoms with Crippen LogP contribution in [0.1, 0.15) is 55.8 Å². The number of carbonyl (C=O) groups is 1. The Morgan fingerprint density at radius 1 is 1.07 bits per heavy atom. The van der Waals surface area contributed by atoms with Crippen LogP contribution in [0.5, 0.6) is 0 Å². The lowest BCUT2D eigenvalue weighted by Gasteiger charge is -2.07. The molecule has 0 aliphatic carbocycles. The summed E-state index contributed by atoms with van der Waals surface area (Å²) in [7, 11) is 0. The average Bonchev–Trinajstić information content (AvgIpc) is 3.10. The van der Waals surface area contributed by atoms with Crippen LogP contribution in [0.2, 0.25) is 0 Å². The van der Waals surface area contributed by atoms with Gasteiger partial charge in [-0.1, -0.05) is 45.1 Å². The average molecular weight is 367 g/mol. The van der Waals surface area contributed by atoms with Crippen LogP contribution < -0.4 is 5.32 Å². The molecule has 1 heterocycles. The number of nitrogens with one attached hydrogen (secondary N) is 1. The van der Waals surface area contributed by atoms with Crippen LogP contribution in [0.3, 0.4) is 0 Å². The van der Waals surface area contributed by atoms with Crippen molar-refractivity contribution in [1.82, 2.24) is 14.9 Å². The van der Waals surface area contributed by atoms with Crippen LogP contribution in [0.15, 0.2) is 48.8 Å². The summed E-state index contributed by atoms with van der Waals surface area (Å²) >= 11 is 0. The van der Waals surface area contributed by atoms with Crippen molar-refractivity contribution in [2.75, 3.05) is 6.54 Å². The Labute approximate surface area is 159 Å². The normalized spacial score (nSPS) is 11.0. The number of imidazole rings is 1. The molecule has 142 valence electrons. The summed E-state index contributed by atoms with van der Waals surface area (Å²) in [4.78, 5) is 16.7. The van der Waals surface area contributed by atoms with E-state index >= 15 is 0 Å². The number of aromatic nitrogens is 2. The number of hydrogen-bond acceptors (Lipinski definition) is 2. The van der Waals surface area contributed by atoms with Crippen molar-refractivity contribution >= 4 is 16.9 Å². The number of rotatable bonds is 9. The molecule has 0 atom stereocenters. The quantitative estimate of drug-likeness (QED) is 0.525. The zero-order valence-electron chi connectivity index (χ0n) is 15.7. The summed E-state index contributed by atoms with van der Waals surface area (Å²) < 4.78 is 15.3. The molecule has 1 aromatic heterocycles. The van der Waals surface area contributed by atoms with Crippen molar-refractivity contribution in [3.8, 4) is 5.69 Å². The highest BCUT2D eigenvalue weighted by molar-refractivity contribution is 5.97. The molecule has 1 amide bonds. The molecule has 4 nitrogen and oxygen atoms in total. The highest BCUT2D eigenvalue weighted by Crippen LogP contribution is 2.20. The minimum atomic E-state index is -0.292. The maximum absolute atomic E-state index is 13.5. The summed E-state index contributed by atoms with van der Waals surface area (Å²) in [6.07, 6.45) is 8.84. The van der Waals surface area contributed by atoms with E-state index in [1.807, 2.05) is 16.7 Å². The molecule has 3 aromatic rings.